The van der Waals surface area contributed by atoms with Gasteiger partial charge in [0.25, 0.3) is 0 Å². The molecule has 2 unspecified atom stereocenters. The van der Waals surface area contributed by atoms with Crippen molar-refractivity contribution in [3.8, 4) is 0 Å². The zero-order chi connectivity index (χ0) is 12.9. The number of sulfone groups is 1. The van der Waals surface area contributed by atoms with Crippen LogP contribution in [0.3, 0.4) is 0 Å². The molecule has 0 spiro atoms. The molecule has 1 rings (SSSR count). The van der Waals surface area contributed by atoms with Gasteiger partial charge in [-0.15, -0.1) is 0 Å². The number of hydrogen-bond acceptors (Lipinski definition) is 5. The number of ether oxygens (including phenoxy) is 1. The third kappa shape index (κ3) is 5.36. The minimum Gasteiger partial charge on any atom is -0.448 e. The molecule has 1 aliphatic carbocycles. The van der Waals surface area contributed by atoms with Crippen LogP contribution in [0.5, 0.6) is 0 Å². The second kappa shape index (κ2) is 6.20. The van der Waals surface area contributed by atoms with Crippen molar-refractivity contribution >= 4 is 15.9 Å². The van der Waals surface area contributed by atoms with Crippen LogP contribution in [-0.2, 0) is 14.6 Å². The molecule has 3 N–H and O–H groups in total. The van der Waals surface area contributed by atoms with Gasteiger partial charge in [0, 0.05) is 18.8 Å². The number of nitrogens with two attached hydrogens (primary N) is 1. The highest BCUT2D eigenvalue weighted by Gasteiger charge is 2.28. The van der Waals surface area contributed by atoms with Gasteiger partial charge in [-0.25, -0.2) is 13.2 Å². The van der Waals surface area contributed by atoms with Crippen molar-refractivity contribution < 1.29 is 17.9 Å². The van der Waals surface area contributed by atoms with Gasteiger partial charge in [-0.3, -0.25) is 0 Å². The lowest BCUT2D eigenvalue weighted by molar-refractivity contribution is 0.155. The molecule has 100 valence electrons. The van der Waals surface area contributed by atoms with Crippen LogP contribution in [0, 0.1) is 0 Å². The molecule has 0 heterocycles. The second-order valence-electron chi connectivity index (χ2n) is 4.44. The molecule has 1 amide bonds. The molecular formula is C10H20N2O4S. The fraction of sp³-hybridized carbons (Fsp3) is 0.900. The lowest BCUT2D eigenvalue weighted by Crippen LogP contribution is -2.40. The topological polar surface area (TPSA) is 98.5 Å². The lowest BCUT2D eigenvalue weighted by atomic mass is 9.95. The molecule has 0 aromatic carbocycles. The predicted molar refractivity (Wildman–Crippen MR) is 64.4 cm³/mol. The maximum absolute atomic E-state index is 11.4. The molecule has 1 fully saturated rings. The van der Waals surface area contributed by atoms with Crippen LogP contribution in [0.1, 0.15) is 25.7 Å². The van der Waals surface area contributed by atoms with Crippen LogP contribution in [0.4, 0.5) is 4.79 Å². The summed E-state index contributed by atoms with van der Waals surface area (Å²) in [5.74, 6) is 0. The number of rotatable bonds is 5. The van der Waals surface area contributed by atoms with E-state index in [4.69, 9.17) is 5.73 Å². The van der Waals surface area contributed by atoms with Gasteiger partial charge in [0.1, 0.15) is 16.4 Å². The molecule has 0 aromatic rings. The number of hydrogen-bond donors (Lipinski definition) is 2. The number of carbonyl (C=O) groups excluding carboxylic acids is 1. The molecule has 0 saturated heterocycles. The smallest absolute Gasteiger partial charge is 0.404 e. The summed E-state index contributed by atoms with van der Waals surface area (Å²) in [5, 5.41) is 2.94. The van der Waals surface area contributed by atoms with E-state index in [-0.39, 0.29) is 17.9 Å². The van der Waals surface area contributed by atoms with E-state index in [1.165, 1.54) is 6.26 Å². The summed E-state index contributed by atoms with van der Waals surface area (Å²) in [5.41, 5.74) is 4.82. The largest absolute Gasteiger partial charge is 0.448 e. The van der Waals surface area contributed by atoms with Crippen molar-refractivity contribution in [1.29, 1.82) is 0 Å². The summed E-state index contributed by atoms with van der Waals surface area (Å²) >= 11 is 0. The first-order chi connectivity index (χ1) is 7.89. The van der Waals surface area contributed by atoms with E-state index in [9.17, 15) is 13.2 Å². The minimum atomic E-state index is -2.95. The second-order valence-corrected chi connectivity index (χ2v) is 6.76. The summed E-state index contributed by atoms with van der Waals surface area (Å²) in [6.07, 6.45) is 3.75. The van der Waals surface area contributed by atoms with Crippen LogP contribution in [0.25, 0.3) is 0 Å². The zero-order valence-corrected chi connectivity index (χ0v) is 10.8. The van der Waals surface area contributed by atoms with E-state index in [1.54, 1.807) is 0 Å². The normalized spacial score (nSPS) is 25.5. The van der Waals surface area contributed by atoms with Crippen molar-refractivity contribution in [3.63, 3.8) is 0 Å². The quantitative estimate of drug-likeness (QED) is 0.682. The third-order valence-corrected chi connectivity index (χ3v) is 4.65. The van der Waals surface area contributed by atoms with Crippen molar-refractivity contribution in [1.82, 2.24) is 5.32 Å². The highest BCUT2D eigenvalue weighted by Crippen LogP contribution is 2.23. The molecule has 7 heteroatoms. The molecule has 0 radical (unpaired) electrons. The van der Waals surface area contributed by atoms with Gasteiger partial charge in [-0.1, -0.05) is 6.42 Å². The summed E-state index contributed by atoms with van der Waals surface area (Å²) in [6, 6.07) is 0.181. The summed E-state index contributed by atoms with van der Waals surface area (Å²) in [6.45, 7) is 0.722. The van der Waals surface area contributed by atoms with Gasteiger partial charge < -0.3 is 15.8 Å². The first-order valence-corrected chi connectivity index (χ1v) is 7.69. The Morgan fingerprint density at radius 1 is 1.47 bits per heavy atom. The summed E-state index contributed by atoms with van der Waals surface area (Å²) in [7, 11) is -2.95. The molecule has 1 aliphatic rings. The zero-order valence-electron chi connectivity index (χ0n) is 10.0. The first kappa shape index (κ1) is 14.2. The molecule has 2 atom stereocenters. The maximum atomic E-state index is 11.4. The lowest BCUT2D eigenvalue weighted by Gasteiger charge is -2.28. The maximum Gasteiger partial charge on any atom is 0.404 e. The van der Waals surface area contributed by atoms with Crippen LogP contribution >= 0.6 is 0 Å². The first-order valence-electron chi connectivity index (χ1n) is 5.74. The van der Waals surface area contributed by atoms with Gasteiger partial charge in [0.2, 0.25) is 0 Å². The van der Waals surface area contributed by atoms with Crippen LogP contribution in [-0.4, -0.2) is 45.2 Å². The van der Waals surface area contributed by atoms with Crippen LogP contribution in [0.2, 0.25) is 0 Å². The molecular weight excluding hydrogens is 244 g/mol. The Hall–Kier alpha value is -0.820. The highest BCUT2D eigenvalue weighted by atomic mass is 32.2. The summed E-state index contributed by atoms with van der Waals surface area (Å²) in [4.78, 5) is 10.3. The van der Waals surface area contributed by atoms with E-state index in [0.29, 0.717) is 13.0 Å². The number of carbonyl (C=O) groups is 1. The third-order valence-electron chi connectivity index (χ3n) is 3.01. The fourth-order valence-electron chi connectivity index (χ4n) is 2.13. The van der Waals surface area contributed by atoms with Gasteiger partial charge in [0.05, 0.1) is 5.25 Å². The molecule has 0 bridgehead atoms. The Bertz CT molecular complexity index is 355. The predicted octanol–water partition coefficient (Wildman–Crippen LogP) is 0.0271. The highest BCUT2D eigenvalue weighted by molar-refractivity contribution is 7.91. The standard InChI is InChI=1S/C10H20N2O4S/c1-17(14,15)9-4-2-3-8(7-9)12-5-6-16-10(11)13/h8-9,12H,2-7H2,1H3,(H2,11,13). The van der Waals surface area contributed by atoms with Gasteiger partial charge >= 0.3 is 6.09 Å². The molecule has 6 nitrogen and oxygen atoms in total. The Balaban J connectivity index is 2.28. The summed E-state index contributed by atoms with van der Waals surface area (Å²) < 4.78 is 27.5. The number of amides is 1. The minimum absolute atomic E-state index is 0.181. The van der Waals surface area contributed by atoms with E-state index in [2.05, 4.69) is 10.1 Å². The monoisotopic (exact) mass is 264 g/mol. The van der Waals surface area contributed by atoms with Gasteiger partial charge in [0.15, 0.2) is 0 Å². The average molecular weight is 264 g/mol. The Morgan fingerprint density at radius 3 is 2.76 bits per heavy atom. The van der Waals surface area contributed by atoms with E-state index >= 15 is 0 Å². The van der Waals surface area contributed by atoms with E-state index in [1.807, 2.05) is 0 Å². The van der Waals surface area contributed by atoms with Gasteiger partial charge in [-0.2, -0.15) is 0 Å². The average Bonchev–Trinajstić information content (AvgIpc) is 2.23. The Morgan fingerprint density at radius 2 is 2.18 bits per heavy atom. The number of primary amides is 1. The Labute approximate surface area is 102 Å². The van der Waals surface area contributed by atoms with Crippen molar-refractivity contribution in [2.24, 2.45) is 5.73 Å². The van der Waals surface area contributed by atoms with Crippen molar-refractivity contribution in [2.45, 2.75) is 37.0 Å². The van der Waals surface area contributed by atoms with Crippen LogP contribution < -0.4 is 11.1 Å². The Kier molecular flexibility index (Phi) is 5.20. The molecule has 0 aliphatic heterocycles. The fourth-order valence-corrected chi connectivity index (χ4v) is 3.31. The number of nitrogens with one attached hydrogen (secondary N) is 1. The van der Waals surface area contributed by atoms with Crippen molar-refractivity contribution in [2.75, 3.05) is 19.4 Å². The molecule has 0 aromatic heterocycles. The van der Waals surface area contributed by atoms with E-state index < -0.39 is 15.9 Å². The van der Waals surface area contributed by atoms with Crippen molar-refractivity contribution in [3.05, 3.63) is 0 Å². The van der Waals surface area contributed by atoms with E-state index in [0.717, 1.165) is 19.3 Å². The van der Waals surface area contributed by atoms with Gasteiger partial charge in [-0.05, 0) is 19.3 Å². The SMILES string of the molecule is CS(=O)(=O)C1CCCC(NCCOC(N)=O)C1. The molecule has 17 heavy (non-hydrogen) atoms. The molecule has 1 saturated carbocycles. The van der Waals surface area contributed by atoms with Crippen LogP contribution in [0.15, 0.2) is 0 Å².